The fraction of sp³-hybridized carbons (Fsp3) is 0.290. The van der Waals surface area contributed by atoms with Crippen molar-refractivity contribution in [2.75, 3.05) is 39.8 Å². The van der Waals surface area contributed by atoms with Gasteiger partial charge in [0.1, 0.15) is 17.2 Å². The summed E-state index contributed by atoms with van der Waals surface area (Å²) in [5.74, 6) is 1.42. The maximum atomic E-state index is 13.3. The van der Waals surface area contributed by atoms with Crippen LogP contribution in [0.1, 0.15) is 27.2 Å². The summed E-state index contributed by atoms with van der Waals surface area (Å²) < 4.78 is 13.2. The van der Waals surface area contributed by atoms with Crippen LogP contribution in [0.5, 0.6) is 17.2 Å². The lowest BCUT2D eigenvalue weighted by atomic mass is 10.1. The predicted octanol–water partition coefficient (Wildman–Crippen LogP) is 4.10. The molecule has 1 amide bonds. The standard InChI is InChI=1S/C31H32BrN5O5/c1-20-17-23(18-21(2)28(20)42-24-9-10-26(41-3)25(32)19-24)37-31(40)33-29(38)27(34-37)30(39)36-15-13-35(14-16-36)12-11-22-7-5-4-6-8-22/h4-10,17-19H,11-16H2,1-3H3,(H,33,38,40). The van der Waals surface area contributed by atoms with Gasteiger partial charge in [-0.25, -0.2) is 4.79 Å². The minimum atomic E-state index is -0.800. The number of nitrogens with one attached hydrogen (secondary N) is 1. The van der Waals surface area contributed by atoms with Crippen molar-refractivity contribution >= 4 is 21.8 Å². The molecule has 1 saturated heterocycles. The number of methoxy groups -OCH3 is 1. The molecule has 218 valence electrons. The van der Waals surface area contributed by atoms with Gasteiger partial charge in [0.05, 0.1) is 17.3 Å². The molecule has 0 saturated carbocycles. The quantitative estimate of drug-likeness (QED) is 0.311. The van der Waals surface area contributed by atoms with Gasteiger partial charge in [0.15, 0.2) is 0 Å². The lowest BCUT2D eigenvalue weighted by Gasteiger charge is -2.34. The Morgan fingerprint density at radius 2 is 1.67 bits per heavy atom. The number of H-pyrrole nitrogens is 1. The van der Waals surface area contributed by atoms with Crippen LogP contribution in [0.3, 0.4) is 0 Å². The smallest absolute Gasteiger partial charge is 0.349 e. The van der Waals surface area contributed by atoms with Crippen molar-refractivity contribution in [2.45, 2.75) is 20.3 Å². The molecule has 0 aliphatic carbocycles. The molecular formula is C31H32BrN5O5. The zero-order valence-electron chi connectivity index (χ0n) is 23.7. The van der Waals surface area contributed by atoms with Gasteiger partial charge in [-0.15, -0.1) is 0 Å². The fourth-order valence-corrected chi connectivity index (χ4v) is 5.53. The molecule has 5 rings (SSSR count). The van der Waals surface area contributed by atoms with Gasteiger partial charge >= 0.3 is 5.69 Å². The number of carbonyl (C=O) groups is 1. The first kappa shape index (κ1) is 29.3. The van der Waals surface area contributed by atoms with Crippen LogP contribution in [0.15, 0.2) is 74.7 Å². The number of hydrogen-bond acceptors (Lipinski definition) is 7. The summed E-state index contributed by atoms with van der Waals surface area (Å²) in [6.07, 6.45) is 0.932. The Bertz CT molecular complexity index is 1690. The van der Waals surface area contributed by atoms with E-state index >= 15 is 0 Å². The van der Waals surface area contributed by atoms with Gasteiger partial charge in [-0.1, -0.05) is 30.3 Å². The van der Waals surface area contributed by atoms with Crippen molar-refractivity contribution in [2.24, 2.45) is 0 Å². The molecule has 10 nitrogen and oxygen atoms in total. The highest BCUT2D eigenvalue weighted by molar-refractivity contribution is 9.10. The molecule has 42 heavy (non-hydrogen) atoms. The second-order valence-electron chi connectivity index (χ2n) is 10.2. The summed E-state index contributed by atoms with van der Waals surface area (Å²) in [5, 5.41) is 4.23. The van der Waals surface area contributed by atoms with Crippen LogP contribution < -0.4 is 20.7 Å². The predicted molar refractivity (Wildman–Crippen MR) is 163 cm³/mol. The summed E-state index contributed by atoms with van der Waals surface area (Å²) in [6.45, 7) is 6.93. The summed E-state index contributed by atoms with van der Waals surface area (Å²) in [5.41, 5.74) is 1.33. The number of hydrogen-bond donors (Lipinski definition) is 1. The lowest BCUT2D eigenvalue weighted by molar-refractivity contribution is 0.0628. The van der Waals surface area contributed by atoms with E-state index in [2.05, 4.69) is 43.0 Å². The number of halogens is 1. The highest BCUT2D eigenvalue weighted by Gasteiger charge is 2.26. The average Bonchev–Trinajstić information content (AvgIpc) is 2.98. The molecule has 3 aromatic carbocycles. The van der Waals surface area contributed by atoms with Crippen LogP contribution in [-0.2, 0) is 6.42 Å². The number of rotatable bonds is 8. The van der Waals surface area contributed by atoms with Crippen LogP contribution in [0, 0.1) is 13.8 Å². The number of benzene rings is 3. The van der Waals surface area contributed by atoms with Crippen LogP contribution in [0.2, 0.25) is 0 Å². The van der Waals surface area contributed by atoms with E-state index in [1.165, 1.54) is 5.56 Å². The maximum Gasteiger partial charge on any atom is 0.349 e. The third-order valence-corrected chi connectivity index (χ3v) is 7.90. The van der Waals surface area contributed by atoms with Crippen molar-refractivity contribution < 1.29 is 14.3 Å². The number of aromatic amines is 1. The molecule has 0 atom stereocenters. The Hall–Kier alpha value is -4.22. The lowest BCUT2D eigenvalue weighted by Crippen LogP contribution is -2.51. The summed E-state index contributed by atoms with van der Waals surface area (Å²) in [7, 11) is 1.59. The van der Waals surface area contributed by atoms with Gasteiger partial charge in [0.25, 0.3) is 11.5 Å². The Kier molecular flexibility index (Phi) is 8.89. The first-order chi connectivity index (χ1) is 20.2. The molecule has 0 spiro atoms. The van der Waals surface area contributed by atoms with E-state index in [1.54, 1.807) is 42.3 Å². The first-order valence-corrected chi connectivity index (χ1v) is 14.4. The van der Waals surface area contributed by atoms with Crippen molar-refractivity contribution in [3.8, 4) is 22.9 Å². The molecular weight excluding hydrogens is 602 g/mol. The molecule has 2 heterocycles. The minimum Gasteiger partial charge on any atom is -0.496 e. The van der Waals surface area contributed by atoms with E-state index in [4.69, 9.17) is 9.47 Å². The van der Waals surface area contributed by atoms with E-state index in [-0.39, 0.29) is 5.69 Å². The number of aryl methyl sites for hydroxylation is 2. The molecule has 0 radical (unpaired) electrons. The van der Waals surface area contributed by atoms with E-state index in [0.717, 1.165) is 33.2 Å². The molecule has 1 N–H and O–H groups in total. The van der Waals surface area contributed by atoms with Crippen molar-refractivity contribution in [1.29, 1.82) is 0 Å². The largest absolute Gasteiger partial charge is 0.496 e. The number of piperazine rings is 1. The van der Waals surface area contributed by atoms with E-state index in [0.29, 0.717) is 49.1 Å². The van der Waals surface area contributed by atoms with Crippen LogP contribution in [0.25, 0.3) is 5.69 Å². The number of amides is 1. The maximum absolute atomic E-state index is 13.3. The molecule has 1 aromatic heterocycles. The number of aromatic nitrogens is 3. The monoisotopic (exact) mass is 633 g/mol. The highest BCUT2D eigenvalue weighted by Crippen LogP contribution is 2.34. The molecule has 4 aromatic rings. The Balaban J connectivity index is 1.31. The second-order valence-corrected chi connectivity index (χ2v) is 11.1. The SMILES string of the molecule is COc1ccc(Oc2c(C)cc(-n3nc(C(=O)N4CCN(CCc5ccccc5)CC4)c(=O)[nH]c3=O)cc2C)cc1Br. The first-order valence-electron chi connectivity index (χ1n) is 13.7. The van der Waals surface area contributed by atoms with Gasteiger partial charge in [-0.3, -0.25) is 19.5 Å². The third-order valence-electron chi connectivity index (χ3n) is 7.28. The normalized spacial score (nSPS) is 13.7. The van der Waals surface area contributed by atoms with Crippen molar-refractivity contribution in [1.82, 2.24) is 24.6 Å². The van der Waals surface area contributed by atoms with E-state index in [9.17, 15) is 14.4 Å². The van der Waals surface area contributed by atoms with Crippen LogP contribution in [0.4, 0.5) is 0 Å². The van der Waals surface area contributed by atoms with Crippen molar-refractivity contribution in [3.05, 3.63) is 108 Å². The number of nitrogens with zero attached hydrogens (tertiary/aromatic N) is 4. The zero-order chi connectivity index (χ0) is 29.8. The van der Waals surface area contributed by atoms with Gasteiger partial charge in [-0.2, -0.15) is 9.78 Å². The Morgan fingerprint density at radius 3 is 2.31 bits per heavy atom. The zero-order valence-corrected chi connectivity index (χ0v) is 25.3. The molecule has 0 unspecified atom stereocenters. The topological polar surface area (TPSA) is 110 Å². The van der Waals surface area contributed by atoms with Gasteiger partial charge in [0.2, 0.25) is 5.69 Å². The van der Waals surface area contributed by atoms with Crippen molar-refractivity contribution in [3.63, 3.8) is 0 Å². The second kappa shape index (κ2) is 12.7. The molecule has 1 aliphatic heterocycles. The van der Waals surface area contributed by atoms with Crippen LogP contribution in [-0.4, -0.2) is 70.3 Å². The fourth-order valence-electron chi connectivity index (χ4n) is 5.01. The van der Waals surface area contributed by atoms with Gasteiger partial charge in [-0.05, 0) is 83.2 Å². The minimum absolute atomic E-state index is 0.314. The van der Waals surface area contributed by atoms with E-state index < -0.39 is 17.2 Å². The van der Waals surface area contributed by atoms with Crippen LogP contribution >= 0.6 is 15.9 Å². The molecule has 1 fully saturated rings. The molecule has 0 bridgehead atoms. The summed E-state index contributed by atoms with van der Waals surface area (Å²) >= 11 is 3.47. The third kappa shape index (κ3) is 6.47. The average molecular weight is 635 g/mol. The Morgan fingerprint density at radius 1 is 0.976 bits per heavy atom. The highest BCUT2D eigenvalue weighted by atomic mass is 79.9. The number of carbonyl (C=O) groups excluding carboxylic acids is 1. The van der Waals surface area contributed by atoms with Gasteiger partial charge in [0, 0.05) is 32.7 Å². The molecule has 1 aliphatic rings. The van der Waals surface area contributed by atoms with E-state index in [1.807, 2.05) is 32.0 Å². The summed E-state index contributed by atoms with van der Waals surface area (Å²) in [6, 6.07) is 19.1. The van der Waals surface area contributed by atoms with Gasteiger partial charge < -0.3 is 14.4 Å². The summed E-state index contributed by atoms with van der Waals surface area (Å²) in [4.78, 5) is 45.0. The Labute approximate surface area is 251 Å². The molecule has 11 heteroatoms. The number of ether oxygens (including phenoxy) is 2.